The van der Waals surface area contributed by atoms with Gasteiger partial charge in [-0.1, -0.05) is 11.3 Å². The summed E-state index contributed by atoms with van der Waals surface area (Å²) < 4.78 is 37.3. The number of hydrogen-bond acceptors (Lipinski definition) is 2. The lowest BCUT2D eigenvalue weighted by Crippen LogP contribution is -2.09. The van der Waals surface area contributed by atoms with E-state index in [-0.39, 0.29) is 5.69 Å². The van der Waals surface area contributed by atoms with Gasteiger partial charge in [0.15, 0.2) is 0 Å². The van der Waals surface area contributed by atoms with Crippen LogP contribution in [-0.4, -0.2) is 18.1 Å². The Kier molecular flexibility index (Phi) is 3.31. The van der Waals surface area contributed by atoms with Gasteiger partial charge in [0.25, 0.3) is 0 Å². The van der Waals surface area contributed by atoms with Crippen LogP contribution in [0.5, 0.6) is 0 Å². The van der Waals surface area contributed by atoms with Gasteiger partial charge in [0.05, 0.1) is 11.3 Å². The van der Waals surface area contributed by atoms with E-state index in [0.29, 0.717) is 0 Å². The van der Waals surface area contributed by atoms with Gasteiger partial charge in [-0.05, 0) is 31.0 Å². The van der Waals surface area contributed by atoms with Gasteiger partial charge in [-0.15, -0.1) is 5.11 Å². The molecular formula is C11H12F3N3. The number of rotatable bonds is 2. The van der Waals surface area contributed by atoms with E-state index in [4.69, 9.17) is 0 Å². The summed E-state index contributed by atoms with van der Waals surface area (Å²) in [5.74, 6) is 0. The van der Waals surface area contributed by atoms with Crippen molar-refractivity contribution in [2.24, 2.45) is 10.3 Å². The maximum Gasteiger partial charge on any atom is 0.416 e. The molecule has 1 aliphatic rings. The largest absolute Gasteiger partial charge is 0.416 e. The Bertz CT molecular complexity index is 409. The van der Waals surface area contributed by atoms with Gasteiger partial charge in [0, 0.05) is 13.1 Å². The monoisotopic (exact) mass is 243 g/mol. The molecule has 1 aliphatic heterocycles. The zero-order valence-electron chi connectivity index (χ0n) is 9.11. The summed E-state index contributed by atoms with van der Waals surface area (Å²) in [7, 11) is 0. The standard InChI is InChI=1S/C11H12F3N3/c12-11(13,14)9-4-3-5-10(8-9)15-16-17-6-1-2-7-17/h3-5,8H,1-2,6-7H2. The SMILES string of the molecule is FC(F)(F)c1cccc(N=NN2CCCC2)c1. The molecule has 0 bridgehead atoms. The average Bonchev–Trinajstić information content (AvgIpc) is 2.78. The quantitative estimate of drug-likeness (QED) is 0.726. The Labute approximate surface area is 96.9 Å². The highest BCUT2D eigenvalue weighted by atomic mass is 19.4. The summed E-state index contributed by atoms with van der Waals surface area (Å²) in [5, 5.41) is 9.49. The third-order valence-electron chi connectivity index (χ3n) is 2.54. The molecule has 0 unspecified atom stereocenters. The fraction of sp³-hybridized carbons (Fsp3) is 0.455. The highest BCUT2D eigenvalue weighted by molar-refractivity contribution is 5.40. The van der Waals surface area contributed by atoms with Crippen LogP contribution < -0.4 is 0 Å². The van der Waals surface area contributed by atoms with Crippen LogP contribution in [-0.2, 0) is 6.18 Å². The molecule has 17 heavy (non-hydrogen) atoms. The smallest absolute Gasteiger partial charge is 0.278 e. The first-order chi connectivity index (χ1) is 8.05. The molecule has 6 heteroatoms. The van der Waals surface area contributed by atoms with Crippen molar-refractivity contribution in [1.82, 2.24) is 5.01 Å². The van der Waals surface area contributed by atoms with E-state index < -0.39 is 11.7 Å². The van der Waals surface area contributed by atoms with E-state index in [9.17, 15) is 13.2 Å². The van der Waals surface area contributed by atoms with E-state index in [1.165, 1.54) is 12.1 Å². The Hall–Kier alpha value is -1.59. The maximum absolute atomic E-state index is 12.4. The molecule has 0 atom stereocenters. The van der Waals surface area contributed by atoms with Gasteiger partial charge >= 0.3 is 6.18 Å². The lowest BCUT2D eigenvalue weighted by molar-refractivity contribution is -0.137. The van der Waals surface area contributed by atoms with E-state index in [1.807, 2.05) is 0 Å². The first kappa shape index (κ1) is 11.9. The Morgan fingerprint density at radius 1 is 1.12 bits per heavy atom. The number of halogens is 3. The van der Waals surface area contributed by atoms with Crippen molar-refractivity contribution < 1.29 is 13.2 Å². The molecule has 1 aromatic carbocycles. The second kappa shape index (κ2) is 4.73. The molecular weight excluding hydrogens is 231 g/mol. The van der Waals surface area contributed by atoms with Crippen molar-refractivity contribution >= 4 is 5.69 Å². The van der Waals surface area contributed by atoms with Crippen LogP contribution in [0.4, 0.5) is 18.9 Å². The van der Waals surface area contributed by atoms with E-state index in [2.05, 4.69) is 10.3 Å². The van der Waals surface area contributed by atoms with E-state index >= 15 is 0 Å². The first-order valence-electron chi connectivity index (χ1n) is 5.39. The van der Waals surface area contributed by atoms with Crippen LogP contribution in [0.2, 0.25) is 0 Å². The number of alkyl halides is 3. The summed E-state index contributed by atoms with van der Waals surface area (Å²) in [5.41, 5.74) is -0.470. The Morgan fingerprint density at radius 2 is 1.82 bits per heavy atom. The van der Waals surface area contributed by atoms with Crippen molar-refractivity contribution in [3.63, 3.8) is 0 Å². The van der Waals surface area contributed by atoms with Crippen LogP contribution >= 0.6 is 0 Å². The molecule has 1 fully saturated rings. The molecule has 0 saturated carbocycles. The molecule has 0 aromatic heterocycles. The molecule has 0 spiro atoms. The highest BCUT2D eigenvalue weighted by Gasteiger charge is 2.30. The second-order valence-corrected chi connectivity index (χ2v) is 3.90. The molecule has 92 valence electrons. The summed E-state index contributed by atoms with van der Waals surface area (Å²) >= 11 is 0. The number of hydrogen-bond donors (Lipinski definition) is 0. The van der Waals surface area contributed by atoms with Gasteiger partial charge in [-0.2, -0.15) is 13.2 Å². The molecule has 3 nitrogen and oxygen atoms in total. The number of benzene rings is 1. The minimum Gasteiger partial charge on any atom is -0.278 e. The van der Waals surface area contributed by atoms with Crippen molar-refractivity contribution in [3.8, 4) is 0 Å². The van der Waals surface area contributed by atoms with Crippen molar-refractivity contribution in [1.29, 1.82) is 0 Å². The predicted octanol–water partition coefficient (Wildman–Crippen LogP) is 3.80. The van der Waals surface area contributed by atoms with E-state index in [1.54, 1.807) is 5.01 Å². The third-order valence-corrected chi connectivity index (χ3v) is 2.54. The summed E-state index contributed by atoms with van der Waals surface area (Å²) in [6.45, 7) is 1.64. The zero-order valence-corrected chi connectivity index (χ0v) is 9.11. The molecule has 0 radical (unpaired) electrons. The predicted molar refractivity (Wildman–Crippen MR) is 56.8 cm³/mol. The number of nitrogens with zero attached hydrogens (tertiary/aromatic N) is 3. The maximum atomic E-state index is 12.4. The minimum atomic E-state index is -4.33. The van der Waals surface area contributed by atoms with Gasteiger partial charge < -0.3 is 0 Å². The normalized spacial score (nSPS) is 17.0. The van der Waals surface area contributed by atoms with E-state index in [0.717, 1.165) is 38.1 Å². The van der Waals surface area contributed by atoms with Crippen LogP contribution in [0.15, 0.2) is 34.6 Å². The van der Waals surface area contributed by atoms with Gasteiger partial charge in [-0.3, -0.25) is 5.01 Å². The molecule has 1 heterocycles. The average molecular weight is 243 g/mol. The van der Waals surface area contributed by atoms with Crippen LogP contribution in [0, 0.1) is 0 Å². The minimum absolute atomic E-state index is 0.228. The van der Waals surface area contributed by atoms with Gasteiger partial charge in [-0.25, -0.2) is 0 Å². The summed E-state index contributed by atoms with van der Waals surface area (Å²) in [6.07, 6.45) is -2.22. The molecule has 0 aliphatic carbocycles. The summed E-state index contributed by atoms with van der Waals surface area (Å²) in [4.78, 5) is 0. The van der Waals surface area contributed by atoms with Crippen molar-refractivity contribution in [2.75, 3.05) is 13.1 Å². The lowest BCUT2D eigenvalue weighted by Gasteiger charge is -2.08. The third kappa shape index (κ3) is 3.18. The van der Waals surface area contributed by atoms with Crippen LogP contribution in [0.1, 0.15) is 18.4 Å². The Morgan fingerprint density at radius 3 is 2.47 bits per heavy atom. The lowest BCUT2D eigenvalue weighted by atomic mass is 10.2. The first-order valence-corrected chi connectivity index (χ1v) is 5.39. The highest BCUT2D eigenvalue weighted by Crippen LogP contribution is 2.31. The molecule has 1 aromatic rings. The molecule has 0 amide bonds. The van der Waals surface area contributed by atoms with Gasteiger partial charge in [0.2, 0.25) is 0 Å². The summed E-state index contributed by atoms with van der Waals surface area (Å²) in [6, 6.07) is 4.87. The zero-order chi connectivity index (χ0) is 12.3. The second-order valence-electron chi connectivity index (χ2n) is 3.90. The van der Waals surface area contributed by atoms with Crippen molar-refractivity contribution in [2.45, 2.75) is 19.0 Å². The van der Waals surface area contributed by atoms with Crippen LogP contribution in [0.25, 0.3) is 0 Å². The van der Waals surface area contributed by atoms with Crippen LogP contribution in [0.3, 0.4) is 0 Å². The molecule has 0 N–H and O–H groups in total. The Balaban J connectivity index is 2.10. The topological polar surface area (TPSA) is 28.0 Å². The fourth-order valence-corrected chi connectivity index (χ4v) is 1.65. The van der Waals surface area contributed by atoms with Crippen molar-refractivity contribution in [3.05, 3.63) is 29.8 Å². The fourth-order valence-electron chi connectivity index (χ4n) is 1.65. The molecule has 1 saturated heterocycles. The molecule has 2 rings (SSSR count). The van der Waals surface area contributed by atoms with Gasteiger partial charge in [0.1, 0.15) is 0 Å².